The molecular weight excluding hydrogens is 370 g/mol. The molecular formula is C19H20ClN3O2S. The minimum atomic E-state index is 0.422. The molecule has 0 aliphatic rings. The molecule has 7 heteroatoms. The van der Waals surface area contributed by atoms with Gasteiger partial charge in [-0.15, -0.1) is 6.58 Å². The molecule has 0 amide bonds. The summed E-state index contributed by atoms with van der Waals surface area (Å²) in [6.07, 6.45) is 3.36. The molecule has 0 heterocycles. The zero-order chi connectivity index (χ0) is 18.8. The first-order valence-corrected chi connectivity index (χ1v) is 8.64. The van der Waals surface area contributed by atoms with Crippen LogP contribution in [0, 0.1) is 0 Å². The minimum Gasteiger partial charge on any atom is -0.493 e. The third kappa shape index (κ3) is 6.38. The Morgan fingerprint density at radius 2 is 2.00 bits per heavy atom. The maximum atomic E-state index is 5.89. The van der Waals surface area contributed by atoms with Crippen molar-refractivity contribution in [2.45, 2.75) is 6.61 Å². The fourth-order valence-corrected chi connectivity index (χ4v) is 2.26. The van der Waals surface area contributed by atoms with Gasteiger partial charge in [-0.2, -0.15) is 5.10 Å². The van der Waals surface area contributed by atoms with Gasteiger partial charge in [0.25, 0.3) is 0 Å². The Morgan fingerprint density at radius 3 is 2.69 bits per heavy atom. The van der Waals surface area contributed by atoms with Gasteiger partial charge in [0.2, 0.25) is 0 Å². The monoisotopic (exact) mass is 389 g/mol. The van der Waals surface area contributed by atoms with Crippen LogP contribution in [0.1, 0.15) is 11.1 Å². The second kappa shape index (κ2) is 10.4. The van der Waals surface area contributed by atoms with E-state index in [0.717, 1.165) is 11.1 Å². The molecule has 2 rings (SSSR count). The van der Waals surface area contributed by atoms with Gasteiger partial charge in [-0.05, 0) is 53.7 Å². The summed E-state index contributed by atoms with van der Waals surface area (Å²) >= 11 is 10.9. The van der Waals surface area contributed by atoms with Gasteiger partial charge < -0.3 is 14.8 Å². The van der Waals surface area contributed by atoms with Crippen molar-refractivity contribution in [3.05, 3.63) is 71.3 Å². The van der Waals surface area contributed by atoms with Gasteiger partial charge in [0.05, 0.1) is 13.3 Å². The van der Waals surface area contributed by atoms with Gasteiger partial charge in [0.15, 0.2) is 16.6 Å². The standard InChI is InChI=1S/C19H20ClN3O2S/c1-3-10-21-19(26)23-22-12-15-6-9-17(18(11-15)24-2)25-13-14-4-7-16(20)8-5-14/h3-9,11-12H,1,10,13H2,2H3,(H2,21,23,26)/b22-12-. The fraction of sp³-hybridized carbons (Fsp3) is 0.158. The van der Waals surface area contributed by atoms with E-state index in [-0.39, 0.29) is 0 Å². The average Bonchev–Trinajstić information content (AvgIpc) is 2.66. The van der Waals surface area contributed by atoms with E-state index in [0.29, 0.717) is 34.8 Å². The number of thiocarbonyl (C=S) groups is 1. The van der Waals surface area contributed by atoms with Crippen LogP contribution in [-0.4, -0.2) is 25.0 Å². The highest BCUT2D eigenvalue weighted by molar-refractivity contribution is 7.80. The normalized spacial score (nSPS) is 10.4. The van der Waals surface area contributed by atoms with Gasteiger partial charge in [0.1, 0.15) is 6.61 Å². The van der Waals surface area contributed by atoms with Crippen LogP contribution in [0.3, 0.4) is 0 Å². The Labute approximate surface area is 163 Å². The number of nitrogens with one attached hydrogen (secondary N) is 2. The Hall–Kier alpha value is -2.57. The number of benzene rings is 2. The van der Waals surface area contributed by atoms with Crippen LogP contribution >= 0.6 is 23.8 Å². The molecule has 0 atom stereocenters. The van der Waals surface area contributed by atoms with Gasteiger partial charge in [-0.25, -0.2) is 0 Å². The van der Waals surface area contributed by atoms with Crippen molar-refractivity contribution in [3.8, 4) is 11.5 Å². The molecule has 26 heavy (non-hydrogen) atoms. The number of hydrogen-bond donors (Lipinski definition) is 2. The van der Waals surface area contributed by atoms with Crippen LogP contribution in [-0.2, 0) is 6.61 Å². The molecule has 0 unspecified atom stereocenters. The van der Waals surface area contributed by atoms with Gasteiger partial charge in [0, 0.05) is 11.6 Å². The molecule has 0 bridgehead atoms. The lowest BCUT2D eigenvalue weighted by Crippen LogP contribution is -2.31. The summed E-state index contributed by atoms with van der Waals surface area (Å²) in [6.45, 7) is 4.61. The number of halogens is 1. The fourth-order valence-electron chi connectivity index (χ4n) is 2.00. The average molecular weight is 390 g/mol. The smallest absolute Gasteiger partial charge is 0.187 e. The van der Waals surface area contributed by atoms with E-state index in [1.165, 1.54) is 0 Å². The maximum Gasteiger partial charge on any atom is 0.187 e. The third-order valence-corrected chi connectivity index (χ3v) is 3.77. The lowest BCUT2D eigenvalue weighted by atomic mass is 10.2. The SMILES string of the molecule is C=CCNC(=S)N/N=C\c1ccc(OCc2ccc(Cl)cc2)c(OC)c1. The van der Waals surface area contributed by atoms with E-state index < -0.39 is 0 Å². The quantitative estimate of drug-likeness (QED) is 0.310. The van der Waals surface area contributed by atoms with Crippen LogP contribution in [0.2, 0.25) is 5.02 Å². The number of nitrogens with zero attached hydrogens (tertiary/aromatic N) is 1. The summed E-state index contributed by atoms with van der Waals surface area (Å²) in [5.41, 5.74) is 4.60. The number of ether oxygens (including phenoxy) is 2. The van der Waals surface area contributed by atoms with Crippen LogP contribution < -0.4 is 20.2 Å². The van der Waals surface area contributed by atoms with Crippen molar-refractivity contribution in [1.82, 2.24) is 10.7 Å². The van der Waals surface area contributed by atoms with Crippen molar-refractivity contribution in [1.29, 1.82) is 0 Å². The van der Waals surface area contributed by atoms with Gasteiger partial charge >= 0.3 is 0 Å². The number of rotatable bonds is 8. The molecule has 2 aromatic rings. The molecule has 0 radical (unpaired) electrons. The second-order valence-corrected chi connectivity index (χ2v) is 6.04. The zero-order valence-electron chi connectivity index (χ0n) is 14.4. The zero-order valence-corrected chi connectivity index (χ0v) is 15.9. The predicted octanol–water partition coefficient (Wildman–Crippen LogP) is 3.91. The first-order valence-electron chi connectivity index (χ1n) is 7.85. The minimum absolute atomic E-state index is 0.422. The van der Waals surface area contributed by atoms with E-state index >= 15 is 0 Å². The van der Waals surface area contributed by atoms with Crippen molar-refractivity contribution in [2.75, 3.05) is 13.7 Å². The molecule has 0 aliphatic heterocycles. The predicted molar refractivity (Wildman–Crippen MR) is 110 cm³/mol. The molecule has 2 N–H and O–H groups in total. The van der Waals surface area contributed by atoms with E-state index in [4.69, 9.17) is 33.3 Å². The molecule has 0 fully saturated rings. The van der Waals surface area contributed by atoms with Crippen LogP contribution in [0.4, 0.5) is 0 Å². The van der Waals surface area contributed by atoms with Gasteiger partial charge in [-0.1, -0.05) is 29.8 Å². The highest BCUT2D eigenvalue weighted by atomic mass is 35.5. The Balaban J connectivity index is 1.96. The number of methoxy groups -OCH3 is 1. The Morgan fingerprint density at radius 1 is 1.23 bits per heavy atom. The summed E-state index contributed by atoms with van der Waals surface area (Å²) in [6, 6.07) is 13.1. The third-order valence-electron chi connectivity index (χ3n) is 3.28. The topological polar surface area (TPSA) is 54.9 Å². The molecule has 0 saturated carbocycles. The molecule has 0 spiro atoms. The Kier molecular flexibility index (Phi) is 7.92. The van der Waals surface area contributed by atoms with Crippen molar-refractivity contribution in [3.63, 3.8) is 0 Å². The highest BCUT2D eigenvalue weighted by Crippen LogP contribution is 2.28. The Bertz CT molecular complexity index is 779. The summed E-state index contributed by atoms with van der Waals surface area (Å²) in [4.78, 5) is 0. The highest BCUT2D eigenvalue weighted by Gasteiger charge is 2.06. The van der Waals surface area contributed by atoms with Crippen LogP contribution in [0.25, 0.3) is 0 Å². The van der Waals surface area contributed by atoms with Crippen molar-refractivity contribution in [2.24, 2.45) is 5.10 Å². The number of hydrogen-bond acceptors (Lipinski definition) is 4. The summed E-state index contributed by atoms with van der Waals surface area (Å²) < 4.78 is 11.2. The van der Waals surface area contributed by atoms with Crippen LogP contribution in [0.15, 0.2) is 60.2 Å². The van der Waals surface area contributed by atoms with Gasteiger partial charge in [-0.3, -0.25) is 5.43 Å². The molecule has 0 aliphatic carbocycles. The summed E-state index contributed by atoms with van der Waals surface area (Å²) in [5, 5.41) is 8.12. The molecule has 136 valence electrons. The molecule has 5 nitrogen and oxygen atoms in total. The lowest BCUT2D eigenvalue weighted by Gasteiger charge is -2.11. The molecule has 0 saturated heterocycles. The second-order valence-electron chi connectivity index (χ2n) is 5.19. The summed E-state index contributed by atoms with van der Waals surface area (Å²) in [5.74, 6) is 1.27. The van der Waals surface area contributed by atoms with E-state index in [2.05, 4.69) is 22.4 Å². The van der Waals surface area contributed by atoms with E-state index in [1.807, 2.05) is 42.5 Å². The first kappa shape index (κ1) is 19.8. The van der Waals surface area contributed by atoms with Crippen LogP contribution in [0.5, 0.6) is 11.5 Å². The summed E-state index contributed by atoms with van der Waals surface area (Å²) in [7, 11) is 1.60. The van der Waals surface area contributed by atoms with E-state index in [1.54, 1.807) is 19.4 Å². The lowest BCUT2D eigenvalue weighted by molar-refractivity contribution is 0.284. The van der Waals surface area contributed by atoms with E-state index in [9.17, 15) is 0 Å². The maximum absolute atomic E-state index is 5.89. The molecule has 0 aromatic heterocycles. The number of hydrazone groups is 1. The first-order chi connectivity index (χ1) is 12.6. The van der Waals surface area contributed by atoms with Crippen molar-refractivity contribution >= 4 is 35.1 Å². The molecule has 2 aromatic carbocycles. The van der Waals surface area contributed by atoms with Crippen molar-refractivity contribution < 1.29 is 9.47 Å². The largest absolute Gasteiger partial charge is 0.493 e.